The van der Waals surface area contributed by atoms with E-state index in [1.807, 2.05) is 6.07 Å². The second-order valence-electron chi connectivity index (χ2n) is 3.12. The van der Waals surface area contributed by atoms with Crippen LogP contribution in [-0.4, -0.2) is 20.8 Å². The Hall–Kier alpha value is -0.390. The predicted molar refractivity (Wildman–Crippen MR) is 55.9 cm³/mol. The van der Waals surface area contributed by atoms with Crippen LogP contribution < -0.4 is 0 Å². The van der Waals surface area contributed by atoms with Crippen LogP contribution in [0.3, 0.4) is 0 Å². The molecule has 0 fully saturated rings. The van der Waals surface area contributed by atoms with Crippen molar-refractivity contribution < 1.29 is 13.2 Å². The van der Waals surface area contributed by atoms with Crippen LogP contribution in [0, 0.1) is 0 Å². The minimum absolute atomic E-state index is 0.0659. The Morgan fingerprint density at radius 2 is 2.14 bits per heavy atom. The molecule has 0 atom stereocenters. The van der Waals surface area contributed by atoms with E-state index in [4.69, 9.17) is 4.74 Å². The lowest BCUT2D eigenvalue weighted by Gasteiger charge is -2.04. The summed E-state index contributed by atoms with van der Waals surface area (Å²) in [5.74, 6) is 0.0659. The quantitative estimate of drug-likeness (QED) is 0.725. The maximum absolute atomic E-state index is 11.7. The zero-order valence-electron chi connectivity index (χ0n) is 7.36. The molecular weight excluding hydrogens is 268 g/mol. The minimum Gasteiger partial charge on any atom is -0.376 e. The van der Waals surface area contributed by atoms with Crippen LogP contribution in [0.1, 0.15) is 5.56 Å². The van der Waals surface area contributed by atoms with Crippen molar-refractivity contribution >= 4 is 25.8 Å². The summed E-state index contributed by atoms with van der Waals surface area (Å²) in [4.78, 5) is 0.393. The van der Waals surface area contributed by atoms with Gasteiger partial charge in [-0.1, -0.05) is 22.0 Å². The monoisotopic (exact) mass is 276 g/mol. The highest BCUT2D eigenvalue weighted by molar-refractivity contribution is 9.10. The van der Waals surface area contributed by atoms with Crippen molar-refractivity contribution in [3.8, 4) is 0 Å². The van der Waals surface area contributed by atoms with Gasteiger partial charge in [0.15, 0.2) is 9.84 Å². The summed E-state index contributed by atoms with van der Waals surface area (Å²) in [5, 5.41) is 0. The molecule has 1 heterocycles. The van der Waals surface area contributed by atoms with Crippen molar-refractivity contribution in [1.82, 2.24) is 0 Å². The lowest BCUT2D eigenvalue weighted by atomic mass is 10.2. The first kappa shape index (κ1) is 10.1. The van der Waals surface area contributed by atoms with Gasteiger partial charge in [-0.3, -0.25) is 0 Å². The fourth-order valence-corrected chi connectivity index (χ4v) is 3.30. The Bertz CT molecular complexity index is 453. The predicted octanol–water partition coefficient (Wildman–Crippen LogP) is 1.75. The molecular formula is C9H9BrO3S. The first-order valence-corrected chi connectivity index (χ1v) is 6.63. The average molecular weight is 277 g/mol. The molecule has 2 rings (SSSR count). The largest absolute Gasteiger partial charge is 0.376 e. The van der Waals surface area contributed by atoms with Crippen molar-refractivity contribution in [3.63, 3.8) is 0 Å². The Balaban J connectivity index is 2.64. The highest BCUT2D eigenvalue weighted by Crippen LogP contribution is 2.24. The normalized spacial score (nSPS) is 19.8. The fourth-order valence-electron chi connectivity index (χ4n) is 1.40. The van der Waals surface area contributed by atoms with Gasteiger partial charge in [0.1, 0.15) is 0 Å². The lowest BCUT2D eigenvalue weighted by Crippen LogP contribution is -2.09. The zero-order chi connectivity index (χ0) is 10.2. The number of rotatable bonds is 0. The molecule has 0 N–H and O–H groups in total. The highest BCUT2D eigenvalue weighted by Gasteiger charge is 2.21. The van der Waals surface area contributed by atoms with E-state index in [1.54, 1.807) is 12.1 Å². The van der Waals surface area contributed by atoms with Crippen LogP contribution in [0.25, 0.3) is 0 Å². The molecule has 1 aromatic carbocycles. The van der Waals surface area contributed by atoms with E-state index in [9.17, 15) is 8.42 Å². The molecule has 0 spiro atoms. The van der Waals surface area contributed by atoms with Crippen molar-refractivity contribution in [2.75, 3.05) is 12.4 Å². The van der Waals surface area contributed by atoms with Crippen LogP contribution in [-0.2, 0) is 21.2 Å². The van der Waals surface area contributed by atoms with Gasteiger partial charge in [0, 0.05) is 4.47 Å². The second kappa shape index (κ2) is 3.64. The molecule has 0 aliphatic carbocycles. The number of sulfone groups is 1. The molecule has 0 saturated carbocycles. The molecule has 14 heavy (non-hydrogen) atoms. The van der Waals surface area contributed by atoms with Crippen LogP contribution in [0.4, 0.5) is 0 Å². The number of hydrogen-bond acceptors (Lipinski definition) is 3. The van der Waals surface area contributed by atoms with E-state index in [1.165, 1.54) is 0 Å². The molecule has 1 aliphatic rings. The number of hydrogen-bond donors (Lipinski definition) is 0. The Kier molecular flexibility index (Phi) is 2.64. The van der Waals surface area contributed by atoms with Gasteiger partial charge in [-0.15, -0.1) is 0 Å². The summed E-state index contributed by atoms with van der Waals surface area (Å²) in [7, 11) is -3.16. The molecule has 0 aromatic heterocycles. The molecule has 76 valence electrons. The van der Waals surface area contributed by atoms with Crippen molar-refractivity contribution in [2.24, 2.45) is 0 Å². The Morgan fingerprint density at radius 1 is 1.36 bits per heavy atom. The molecule has 1 aliphatic heterocycles. The summed E-state index contributed by atoms with van der Waals surface area (Å²) in [6.45, 7) is 0.649. The third kappa shape index (κ3) is 1.85. The van der Waals surface area contributed by atoms with Gasteiger partial charge in [0.25, 0.3) is 0 Å². The van der Waals surface area contributed by atoms with Gasteiger partial charge < -0.3 is 4.74 Å². The Labute approximate surface area is 91.1 Å². The van der Waals surface area contributed by atoms with Gasteiger partial charge in [-0.25, -0.2) is 8.42 Å². The maximum Gasteiger partial charge on any atom is 0.181 e. The Morgan fingerprint density at radius 3 is 2.93 bits per heavy atom. The molecule has 3 nitrogen and oxygen atoms in total. The smallest absolute Gasteiger partial charge is 0.181 e. The number of ether oxygens (including phenoxy) is 1. The highest BCUT2D eigenvalue weighted by atomic mass is 79.9. The van der Waals surface area contributed by atoms with Crippen LogP contribution in [0.2, 0.25) is 0 Å². The summed E-state index contributed by atoms with van der Waals surface area (Å²) >= 11 is 3.26. The van der Waals surface area contributed by atoms with Crippen molar-refractivity contribution in [1.29, 1.82) is 0 Å². The summed E-state index contributed by atoms with van der Waals surface area (Å²) in [6, 6.07) is 5.24. The van der Waals surface area contributed by atoms with E-state index >= 15 is 0 Å². The van der Waals surface area contributed by atoms with E-state index in [0.29, 0.717) is 11.5 Å². The van der Waals surface area contributed by atoms with Gasteiger partial charge in [-0.05, 0) is 17.7 Å². The minimum atomic E-state index is -3.16. The lowest BCUT2D eigenvalue weighted by molar-refractivity contribution is 0.136. The average Bonchev–Trinajstić information content (AvgIpc) is 2.26. The first-order valence-electron chi connectivity index (χ1n) is 4.18. The number of fused-ring (bicyclic) bond motifs is 1. The van der Waals surface area contributed by atoms with E-state index < -0.39 is 9.84 Å². The summed E-state index contributed by atoms with van der Waals surface area (Å²) in [6.07, 6.45) is 0. The van der Waals surface area contributed by atoms with Crippen LogP contribution >= 0.6 is 15.9 Å². The molecule has 0 saturated heterocycles. The van der Waals surface area contributed by atoms with E-state index in [-0.39, 0.29) is 12.4 Å². The zero-order valence-corrected chi connectivity index (χ0v) is 9.77. The third-order valence-electron chi connectivity index (χ3n) is 2.12. The van der Waals surface area contributed by atoms with Crippen LogP contribution in [0.15, 0.2) is 27.6 Å². The molecule has 0 amide bonds. The van der Waals surface area contributed by atoms with Gasteiger partial charge in [-0.2, -0.15) is 0 Å². The van der Waals surface area contributed by atoms with E-state index in [0.717, 1.165) is 10.0 Å². The topological polar surface area (TPSA) is 43.4 Å². The summed E-state index contributed by atoms with van der Waals surface area (Å²) < 4.78 is 29.5. The SMILES string of the molecule is O=S1(=O)CCOCc2ccc(Br)cc21. The summed E-state index contributed by atoms with van der Waals surface area (Å²) in [5.41, 5.74) is 0.741. The van der Waals surface area contributed by atoms with Gasteiger partial charge in [0.05, 0.1) is 23.9 Å². The van der Waals surface area contributed by atoms with Crippen molar-refractivity contribution in [2.45, 2.75) is 11.5 Å². The standard InChI is InChI=1S/C9H9BrO3S/c10-8-2-1-7-6-13-3-4-14(11,12)9(7)5-8/h1-2,5H,3-4,6H2. The van der Waals surface area contributed by atoms with Gasteiger partial charge >= 0.3 is 0 Å². The molecule has 5 heteroatoms. The second-order valence-corrected chi connectivity index (χ2v) is 6.12. The molecule has 1 aromatic rings. The van der Waals surface area contributed by atoms with Gasteiger partial charge in [0.2, 0.25) is 0 Å². The van der Waals surface area contributed by atoms with E-state index in [2.05, 4.69) is 15.9 Å². The first-order chi connectivity index (χ1) is 6.59. The van der Waals surface area contributed by atoms with Crippen LogP contribution in [0.5, 0.6) is 0 Å². The van der Waals surface area contributed by atoms with Crippen molar-refractivity contribution in [3.05, 3.63) is 28.2 Å². The number of benzene rings is 1. The molecule has 0 radical (unpaired) electrons. The fraction of sp³-hybridized carbons (Fsp3) is 0.333. The third-order valence-corrected chi connectivity index (χ3v) is 4.37. The maximum atomic E-state index is 11.7. The molecule has 0 bridgehead atoms. The molecule has 0 unspecified atom stereocenters. The number of halogens is 1.